The summed E-state index contributed by atoms with van der Waals surface area (Å²) in [5, 5.41) is 2.79. The molecule has 0 saturated heterocycles. The Morgan fingerprint density at radius 3 is 2.67 bits per heavy atom. The van der Waals surface area contributed by atoms with Crippen LogP contribution in [0.25, 0.3) is 0 Å². The van der Waals surface area contributed by atoms with Gasteiger partial charge in [0.1, 0.15) is 0 Å². The summed E-state index contributed by atoms with van der Waals surface area (Å²) >= 11 is 1.23. The van der Waals surface area contributed by atoms with Gasteiger partial charge in [0.15, 0.2) is 11.6 Å². The third-order valence-electron chi connectivity index (χ3n) is 3.25. The highest BCUT2D eigenvalue weighted by molar-refractivity contribution is 7.99. The first-order chi connectivity index (χ1) is 10.0. The Morgan fingerprint density at radius 1 is 1.10 bits per heavy atom. The minimum atomic E-state index is -0.898. The lowest BCUT2D eigenvalue weighted by Gasteiger charge is -2.19. The first-order valence-electron chi connectivity index (χ1n) is 6.38. The number of anilines is 2. The predicted octanol–water partition coefficient (Wildman–Crippen LogP) is 3.58. The van der Waals surface area contributed by atoms with Crippen LogP contribution in [0.3, 0.4) is 0 Å². The van der Waals surface area contributed by atoms with Gasteiger partial charge < -0.3 is 11.1 Å². The molecule has 3 nitrogen and oxygen atoms in total. The summed E-state index contributed by atoms with van der Waals surface area (Å²) in [7, 11) is 0. The van der Waals surface area contributed by atoms with Gasteiger partial charge in [-0.3, -0.25) is 4.79 Å². The van der Waals surface area contributed by atoms with Crippen molar-refractivity contribution in [2.24, 2.45) is 0 Å². The lowest BCUT2D eigenvalue weighted by atomic mass is 10.0. The van der Waals surface area contributed by atoms with Gasteiger partial charge in [-0.25, -0.2) is 8.78 Å². The molecule has 1 heterocycles. The van der Waals surface area contributed by atoms with Crippen molar-refractivity contribution >= 4 is 29.0 Å². The molecule has 6 heteroatoms. The maximum Gasteiger partial charge on any atom is 0.224 e. The molecule has 21 heavy (non-hydrogen) atoms. The van der Waals surface area contributed by atoms with Crippen LogP contribution in [-0.4, -0.2) is 5.91 Å². The summed E-state index contributed by atoms with van der Waals surface area (Å²) in [6.07, 6.45) is 1.10. The zero-order valence-electron chi connectivity index (χ0n) is 11.0. The Bertz CT molecular complexity index is 734. The molecule has 0 unspecified atom stereocenters. The van der Waals surface area contributed by atoms with Crippen LogP contribution in [0.4, 0.5) is 20.2 Å². The van der Waals surface area contributed by atoms with E-state index in [4.69, 9.17) is 5.73 Å². The summed E-state index contributed by atoms with van der Waals surface area (Å²) in [5.41, 5.74) is 8.26. The summed E-state index contributed by atoms with van der Waals surface area (Å²) < 4.78 is 26.2. The second-order valence-corrected chi connectivity index (χ2v) is 5.89. The lowest BCUT2D eigenvalue weighted by Crippen LogP contribution is -2.19. The number of hydrogen-bond donors (Lipinski definition) is 2. The van der Waals surface area contributed by atoms with Crippen molar-refractivity contribution in [2.45, 2.75) is 22.6 Å². The van der Waals surface area contributed by atoms with E-state index < -0.39 is 11.6 Å². The van der Waals surface area contributed by atoms with Crippen LogP contribution >= 0.6 is 11.8 Å². The van der Waals surface area contributed by atoms with Crippen LogP contribution in [0.5, 0.6) is 0 Å². The highest BCUT2D eigenvalue weighted by Crippen LogP contribution is 2.37. The van der Waals surface area contributed by atoms with Crippen molar-refractivity contribution in [1.82, 2.24) is 0 Å². The molecule has 0 fully saturated rings. The highest BCUT2D eigenvalue weighted by atomic mass is 32.2. The van der Waals surface area contributed by atoms with Gasteiger partial charge in [-0.2, -0.15) is 0 Å². The molecule has 1 aliphatic heterocycles. The van der Waals surface area contributed by atoms with E-state index in [0.29, 0.717) is 28.3 Å². The molecule has 2 aromatic carbocycles. The molecule has 0 atom stereocenters. The number of benzene rings is 2. The molecule has 0 saturated carbocycles. The number of nitrogens with one attached hydrogen (secondary N) is 1. The molecule has 3 rings (SSSR count). The maximum atomic E-state index is 13.2. The molecular formula is C15H12F2N2OS. The first-order valence-corrected chi connectivity index (χ1v) is 7.20. The van der Waals surface area contributed by atoms with Gasteiger partial charge in [-0.15, -0.1) is 0 Å². The number of carbonyl (C=O) groups excluding carboxylic acids is 1. The van der Waals surface area contributed by atoms with Crippen LogP contribution in [0.2, 0.25) is 0 Å². The van der Waals surface area contributed by atoms with Gasteiger partial charge in [0.2, 0.25) is 5.91 Å². The average molecular weight is 306 g/mol. The molecule has 0 spiro atoms. The fraction of sp³-hybridized carbons (Fsp3) is 0.133. The zero-order chi connectivity index (χ0) is 15.0. The van der Waals surface area contributed by atoms with Crippen molar-refractivity contribution < 1.29 is 13.6 Å². The van der Waals surface area contributed by atoms with Crippen LogP contribution < -0.4 is 11.1 Å². The molecule has 0 radical (unpaired) electrons. The Balaban J connectivity index is 1.93. The number of aryl methyl sites for hydroxylation is 1. The fourth-order valence-electron chi connectivity index (χ4n) is 2.18. The topological polar surface area (TPSA) is 55.1 Å². The van der Waals surface area contributed by atoms with E-state index in [9.17, 15) is 13.6 Å². The van der Waals surface area contributed by atoms with Gasteiger partial charge in [0.25, 0.3) is 0 Å². The van der Waals surface area contributed by atoms with Crippen LogP contribution in [0.1, 0.15) is 12.0 Å². The second-order valence-electron chi connectivity index (χ2n) is 4.77. The van der Waals surface area contributed by atoms with Gasteiger partial charge >= 0.3 is 0 Å². The lowest BCUT2D eigenvalue weighted by molar-refractivity contribution is -0.116. The Hall–Kier alpha value is -2.08. The number of amides is 1. The number of halogens is 2. The average Bonchev–Trinajstić information content (AvgIpc) is 2.44. The summed E-state index contributed by atoms with van der Waals surface area (Å²) in [6, 6.07) is 7.27. The number of nitrogen functional groups attached to an aromatic ring is 1. The maximum absolute atomic E-state index is 13.2. The normalized spacial score (nSPS) is 13.7. The van der Waals surface area contributed by atoms with Gasteiger partial charge in [-0.05, 0) is 42.3 Å². The Labute approximate surface area is 124 Å². The highest BCUT2D eigenvalue weighted by Gasteiger charge is 2.17. The van der Waals surface area contributed by atoms with Crippen molar-refractivity contribution in [3.63, 3.8) is 0 Å². The number of fused-ring (bicyclic) bond motifs is 1. The van der Waals surface area contributed by atoms with E-state index in [1.165, 1.54) is 17.8 Å². The Morgan fingerprint density at radius 2 is 1.90 bits per heavy atom. The van der Waals surface area contributed by atoms with E-state index >= 15 is 0 Å². The molecule has 1 amide bonds. The fourth-order valence-corrected chi connectivity index (χ4v) is 3.09. The molecule has 108 valence electrons. The second kappa shape index (κ2) is 5.37. The molecular weight excluding hydrogens is 294 g/mol. The van der Waals surface area contributed by atoms with Crippen LogP contribution in [0, 0.1) is 11.6 Å². The van der Waals surface area contributed by atoms with E-state index in [-0.39, 0.29) is 5.91 Å². The third kappa shape index (κ3) is 2.85. The zero-order valence-corrected chi connectivity index (χ0v) is 11.8. The predicted molar refractivity (Wildman–Crippen MR) is 78.3 cm³/mol. The SMILES string of the molecule is Nc1cc2c(cc1Sc1ccc(F)c(F)c1)NC(=O)CC2. The Kier molecular flexibility index (Phi) is 3.55. The molecule has 0 aliphatic carbocycles. The van der Waals surface area contributed by atoms with Crippen molar-refractivity contribution in [3.05, 3.63) is 47.5 Å². The van der Waals surface area contributed by atoms with Gasteiger partial charge in [0.05, 0.1) is 0 Å². The number of nitrogens with two attached hydrogens (primary N) is 1. The van der Waals surface area contributed by atoms with Crippen molar-refractivity contribution in [3.8, 4) is 0 Å². The standard InChI is InChI=1S/C15H12F2N2OS/c16-10-3-2-9(6-11(10)17)21-14-7-13-8(5-12(14)18)1-4-15(20)19-13/h2-3,5-7H,1,4,18H2,(H,19,20). The van der Waals surface area contributed by atoms with Crippen LogP contribution in [0.15, 0.2) is 40.1 Å². The largest absolute Gasteiger partial charge is 0.398 e. The number of carbonyl (C=O) groups is 1. The van der Waals surface area contributed by atoms with Crippen molar-refractivity contribution in [1.29, 1.82) is 0 Å². The first kappa shape index (κ1) is 13.9. The third-order valence-corrected chi connectivity index (χ3v) is 4.31. The molecule has 0 aromatic heterocycles. The molecule has 3 N–H and O–H groups in total. The van der Waals surface area contributed by atoms with E-state index in [1.54, 1.807) is 6.07 Å². The monoisotopic (exact) mass is 306 g/mol. The number of hydrogen-bond acceptors (Lipinski definition) is 3. The van der Waals surface area contributed by atoms with Crippen molar-refractivity contribution in [2.75, 3.05) is 11.1 Å². The minimum Gasteiger partial charge on any atom is -0.398 e. The summed E-state index contributed by atoms with van der Waals surface area (Å²) in [6.45, 7) is 0. The van der Waals surface area contributed by atoms with Gasteiger partial charge in [0, 0.05) is 27.6 Å². The van der Waals surface area contributed by atoms with E-state index in [1.807, 2.05) is 6.07 Å². The molecule has 0 bridgehead atoms. The van der Waals surface area contributed by atoms with E-state index in [0.717, 1.165) is 23.4 Å². The van der Waals surface area contributed by atoms with Gasteiger partial charge in [-0.1, -0.05) is 11.8 Å². The smallest absolute Gasteiger partial charge is 0.224 e. The summed E-state index contributed by atoms with van der Waals surface area (Å²) in [4.78, 5) is 12.7. The number of rotatable bonds is 2. The summed E-state index contributed by atoms with van der Waals surface area (Å²) in [5.74, 6) is -1.81. The minimum absolute atomic E-state index is 0.0314. The quantitative estimate of drug-likeness (QED) is 0.834. The molecule has 1 aliphatic rings. The van der Waals surface area contributed by atoms with E-state index in [2.05, 4.69) is 5.32 Å². The molecule has 2 aromatic rings. The van der Waals surface area contributed by atoms with Crippen LogP contribution in [-0.2, 0) is 11.2 Å².